The molecular weight excluding hydrogens is 203 g/mol. The zero-order valence-corrected chi connectivity index (χ0v) is 9.96. The minimum atomic E-state index is -0.181. The van der Waals surface area contributed by atoms with E-state index in [9.17, 15) is 4.39 Å². The van der Waals surface area contributed by atoms with Crippen LogP contribution in [0.2, 0.25) is 0 Å². The molecule has 0 fully saturated rings. The number of rotatable bonds is 6. The average Bonchev–Trinajstić information content (AvgIpc) is 2.17. The molecule has 0 spiro atoms. The highest BCUT2D eigenvalue weighted by atomic mass is 19.1. The number of benzene rings is 1. The Balaban J connectivity index is 2.45. The summed E-state index contributed by atoms with van der Waals surface area (Å²) >= 11 is 0. The van der Waals surface area contributed by atoms with Crippen molar-refractivity contribution < 1.29 is 4.39 Å². The molecule has 1 rings (SSSR count). The van der Waals surface area contributed by atoms with Gasteiger partial charge in [0.2, 0.25) is 0 Å². The number of likely N-dealkylation sites (N-methyl/N-ethyl adjacent to an activating group) is 2. The predicted octanol–water partition coefficient (Wildman–Crippen LogP) is 2.03. The molecule has 2 nitrogen and oxygen atoms in total. The normalized spacial score (nSPS) is 10.8. The first kappa shape index (κ1) is 12.9. The topological polar surface area (TPSA) is 15.3 Å². The van der Waals surface area contributed by atoms with Crippen LogP contribution in [0.4, 0.5) is 4.39 Å². The van der Waals surface area contributed by atoms with Crippen LogP contribution in [0.1, 0.15) is 5.56 Å². The number of hydrogen-bond acceptors (Lipinski definition) is 2. The zero-order valence-electron chi connectivity index (χ0n) is 9.96. The maximum atomic E-state index is 13.0. The summed E-state index contributed by atoms with van der Waals surface area (Å²) in [7, 11) is 3.91. The standard InChI is InChI=1S/C13H19FN2/c1-11(8-15-2)9-16(3)10-12-5-4-6-13(14)7-12/h4-7,15H,1,8-10H2,2-3H3. The van der Waals surface area contributed by atoms with Crippen LogP contribution in [0.25, 0.3) is 0 Å². The van der Waals surface area contributed by atoms with E-state index in [0.29, 0.717) is 0 Å². The molecule has 0 atom stereocenters. The molecule has 0 aromatic heterocycles. The third kappa shape index (κ3) is 4.55. The summed E-state index contributed by atoms with van der Waals surface area (Å²) in [6.07, 6.45) is 0. The van der Waals surface area contributed by atoms with Gasteiger partial charge in [-0.1, -0.05) is 18.7 Å². The predicted molar refractivity (Wildman–Crippen MR) is 65.8 cm³/mol. The third-order valence-corrected chi connectivity index (χ3v) is 2.26. The molecule has 3 heteroatoms. The van der Waals surface area contributed by atoms with Crippen molar-refractivity contribution in [3.63, 3.8) is 0 Å². The molecule has 0 bridgehead atoms. The maximum Gasteiger partial charge on any atom is 0.123 e. The van der Waals surface area contributed by atoms with Gasteiger partial charge in [-0.05, 0) is 37.4 Å². The lowest BCUT2D eigenvalue weighted by Gasteiger charge is -2.18. The van der Waals surface area contributed by atoms with Crippen LogP contribution in [0, 0.1) is 5.82 Å². The van der Waals surface area contributed by atoms with Crippen molar-refractivity contribution in [3.8, 4) is 0 Å². The van der Waals surface area contributed by atoms with Crippen LogP contribution in [0.15, 0.2) is 36.4 Å². The van der Waals surface area contributed by atoms with Crippen molar-refractivity contribution in [2.75, 3.05) is 27.2 Å². The fourth-order valence-corrected chi connectivity index (χ4v) is 1.69. The molecule has 0 amide bonds. The van der Waals surface area contributed by atoms with Crippen molar-refractivity contribution in [2.45, 2.75) is 6.54 Å². The van der Waals surface area contributed by atoms with E-state index < -0.39 is 0 Å². The van der Waals surface area contributed by atoms with Gasteiger partial charge in [0.15, 0.2) is 0 Å². The zero-order chi connectivity index (χ0) is 12.0. The summed E-state index contributed by atoms with van der Waals surface area (Å²) in [6, 6.07) is 6.70. The molecule has 1 N–H and O–H groups in total. The number of halogens is 1. The monoisotopic (exact) mass is 222 g/mol. The Kier molecular flexibility index (Phi) is 5.15. The van der Waals surface area contributed by atoms with E-state index in [0.717, 1.165) is 30.8 Å². The Morgan fingerprint density at radius 2 is 2.25 bits per heavy atom. The van der Waals surface area contributed by atoms with Crippen LogP contribution in [0.5, 0.6) is 0 Å². The minimum absolute atomic E-state index is 0.181. The Morgan fingerprint density at radius 1 is 1.50 bits per heavy atom. The van der Waals surface area contributed by atoms with Gasteiger partial charge < -0.3 is 5.32 Å². The Labute approximate surface area is 96.8 Å². The van der Waals surface area contributed by atoms with E-state index in [4.69, 9.17) is 0 Å². The first-order chi connectivity index (χ1) is 7.61. The average molecular weight is 222 g/mol. The second-order valence-electron chi connectivity index (χ2n) is 4.08. The van der Waals surface area contributed by atoms with E-state index >= 15 is 0 Å². The van der Waals surface area contributed by atoms with Crippen molar-refractivity contribution in [1.29, 1.82) is 0 Å². The highest BCUT2D eigenvalue weighted by Crippen LogP contribution is 2.07. The molecule has 16 heavy (non-hydrogen) atoms. The molecule has 88 valence electrons. The number of nitrogens with one attached hydrogen (secondary N) is 1. The highest BCUT2D eigenvalue weighted by Gasteiger charge is 2.02. The van der Waals surface area contributed by atoms with Gasteiger partial charge in [-0.15, -0.1) is 0 Å². The largest absolute Gasteiger partial charge is 0.316 e. The van der Waals surface area contributed by atoms with Crippen molar-refractivity contribution in [3.05, 3.63) is 47.8 Å². The summed E-state index contributed by atoms with van der Waals surface area (Å²) in [5.41, 5.74) is 2.11. The smallest absolute Gasteiger partial charge is 0.123 e. The lowest BCUT2D eigenvalue weighted by molar-refractivity contribution is 0.352. The van der Waals surface area contributed by atoms with Gasteiger partial charge >= 0.3 is 0 Å². The quantitative estimate of drug-likeness (QED) is 0.741. The summed E-state index contributed by atoms with van der Waals surface area (Å²) in [6.45, 7) is 6.33. The van der Waals surface area contributed by atoms with Crippen molar-refractivity contribution in [1.82, 2.24) is 10.2 Å². The van der Waals surface area contributed by atoms with Gasteiger partial charge in [0, 0.05) is 19.6 Å². The summed E-state index contributed by atoms with van der Waals surface area (Å²) in [5.74, 6) is -0.181. The highest BCUT2D eigenvalue weighted by molar-refractivity contribution is 5.16. The first-order valence-corrected chi connectivity index (χ1v) is 5.36. The SMILES string of the molecule is C=C(CNC)CN(C)Cc1cccc(F)c1. The van der Waals surface area contributed by atoms with Gasteiger partial charge in [0.25, 0.3) is 0 Å². The maximum absolute atomic E-state index is 13.0. The Hall–Kier alpha value is -1.19. The van der Waals surface area contributed by atoms with Gasteiger partial charge in [-0.3, -0.25) is 4.90 Å². The van der Waals surface area contributed by atoms with E-state index in [-0.39, 0.29) is 5.82 Å². The van der Waals surface area contributed by atoms with Crippen LogP contribution >= 0.6 is 0 Å². The summed E-state index contributed by atoms with van der Waals surface area (Å²) < 4.78 is 13.0. The minimum Gasteiger partial charge on any atom is -0.316 e. The number of hydrogen-bond donors (Lipinski definition) is 1. The van der Waals surface area contributed by atoms with Gasteiger partial charge in [0.1, 0.15) is 5.82 Å². The lowest BCUT2D eigenvalue weighted by Crippen LogP contribution is -2.24. The molecule has 0 aliphatic rings. The first-order valence-electron chi connectivity index (χ1n) is 5.36. The summed E-state index contributed by atoms with van der Waals surface area (Å²) in [5, 5.41) is 3.06. The molecule has 0 saturated heterocycles. The van der Waals surface area contributed by atoms with Crippen molar-refractivity contribution in [2.24, 2.45) is 0 Å². The van der Waals surface area contributed by atoms with Crippen LogP contribution < -0.4 is 5.32 Å². The second kappa shape index (κ2) is 6.40. The van der Waals surface area contributed by atoms with Crippen LogP contribution in [-0.2, 0) is 6.54 Å². The van der Waals surface area contributed by atoms with Crippen LogP contribution in [0.3, 0.4) is 0 Å². The fourth-order valence-electron chi connectivity index (χ4n) is 1.69. The molecule has 1 aromatic rings. The van der Waals surface area contributed by atoms with Gasteiger partial charge in [0.05, 0.1) is 0 Å². The molecule has 0 aliphatic carbocycles. The lowest BCUT2D eigenvalue weighted by atomic mass is 10.2. The molecule has 0 radical (unpaired) electrons. The van der Waals surface area contributed by atoms with E-state index in [1.165, 1.54) is 6.07 Å². The van der Waals surface area contributed by atoms with Crippen molar-refractivity contribution >= 4 is 0 Å². The third-order valence-electron chi connectivity index (χ3n) is 2.26. The van der Waals surface area contributed by atoms with E-state index in [1.807, 2.05) is 20.2 Å². The molecule has 0 unspecified atom stereocenters. The van der Waals surface area contributed by atoms with Gasteiger partial charge in [-0.2, -0.15) is 0 Å². The fraction of sp³-hybridized carbons (Fsp3) is 0.385. The number of nitrogens with zero attached hydrogens (tertiary/aromatic N) is 1. The second-order valence-corrected chi connectivity index (χ2v) is 4.08. The molecule has 0 aliphatic heterocycles. The summed E-state index contributed by atoms with van der Waals surface area (Å²) in [4.78, 5) is 2.12. The molecule has 0 saturated carbocycles. The van der Waals surface area contributed by atoms with E-state index in [1.54, 1.807) is 12.1 Å². The Bertz CT molecular complexity index is 350. The van der Waals surface area contributed by atoms with E-state index in [2.05, 4.69) is 16.8 Å². The molecule has 1 aromatic carbocycles. The molecule has 0 heterocycles. The van der Waals surface area contributed by atoms with Crippen LogP contribution in [-0.4, -0.2) is 32.1 Å². The van der Waals surface area contributed by atoms with Gasteiger partial charge in [-0.25, -0.2) is 4.39 Å². The Morgan fingerprint density at radius 3 is 2.88 bits per heavy atom. The molecular formula is C13H19FN2.